The van der Waals surface area contributed by atoms with E-state index in [-0.39, 0.29) is 12.5 Å². The van der Waals surface area contributed by atoms with Crippen molar-refractivity contribution >= 4 is 34.2 Å². The third kappa shape index (κ3) is 3.67. The number of likely N-dealkylation sites (tertiary alicyclic amines) is 1. The Balaban J connectivity index is 1.59. The average Bonchev–Trinajstić information content (AvgIpc) is 3.28. The highest BCUT2D eigenvalue weighted by atomic mass is 32.1. The van der Waals surface area contributed by atoms with Crippen LogP contribution in [0.4, 0.5) is 10.9 Å². The van der Waals surface area contributed by atoms with Gasteiger partial charge in [0.25, 0.3) is 0 Å². The molecule has 9 heteroatoms. The molecule has 2 aromatic rings. The van der Waals surface area contributed by atoms with Crippen molar-refractivity contribution in [2.75, 3.05) is 25.5 Å². The van der Waals surface area contributed by atoms with Crippen LogP contribution in [-0.4, -0.2) is 51.7 Å². The second-order valence-corrected chi connectivity index (χ2v) is 6.16. The molecule has 0 atom stereocenters. The number of esters is 1. The van der Waals surface area contributed by atoms with Gasteiger partial charge in [0.2, 0.25) is 5.91 Å². The molecule has 122 valence electrons. The number of nitrogens with one attached hydrogen (secondary N) is 1. The first-order valence-corrected chi connectivity index (χ1v) is 8.10. The normalized spacial score (nSPS) is 14.0. The smallest absolute Gasteiger partial charge is 0.349 e. The number of carbonyl (C=O) groups excluding carboxylic acids is 2. The summed E-state index contributed by atoms with van der Waals surface area (Å²) in [4.78, 5) is 29.8. The van der Waals surface area contributed by atoms with Gasteiger partial charge in [0.05, 0.1) is 13.3 Å². The minimum Gasteiger partial charge on any atom is -0.465 e. The van der Waals surface area contributed by atoms with Crippen molar-refractivity contribution in [1.82, 2.24) is 19.7 Å². The number of rotatable bonds is 5. The molecule has 3 heterocycles. The van der Waals surface area contributed by atoms with E-state index in [1.165, 1.54) is 24.6 Å². The fraction of sp³-hybridized carbons (Fsp3) is 0.429. The van der Waals surface area contributed by atoms with E-state index in [9.17, 15) is 9.59 Å². The van der Waals surface area contributed by atoms with Gasteiger partial charge in [-0.1, -0.05) is 11.3 Å². The van der Waals surface area contributed by atoms with Crippen LogP contribution in [0.5, 0.6) is 0 Å². The third-order valence-electron chi connectivity index (χ3n) is 3.52. The van der Waals surface area contributed by atoms with Crippen molar-refractivity contribution in [2.24, 2.45) is 0 Å². The monoisotopic (exact) mass is 335 g/mol. The Bertz CT molecular complexity index is 705. The number of ether oxygens (including phenoxy) is 1. The molecule has 1 N–H and O–H groups in total. The SMILES string of the molecule is COC(=O)c1cnc(Nc2ccn(CC(=O)N3CCCC3)n2)s1. The summed E-state index contributed by atoms with van der Waals surface area (Å²) in [5.41, 5.74) is 0. The summed E-state index contributed by atoms with van der Waals surface area (Å²) in [5, 5.41) is 7.85. The minimum atomic E-state index is -0.419. The molecule has 1 aliphatic heterocycles. The van der Waals surface area contributed by atoms with E-state index in [1.807, 2.05) is 4.90 Å². The molecule has 0 saturated carbocycles. The Hall–Kier alpha value is -2.42. The van der Waals surface area contributed by atoms with Crippen LogP contribution in [0, 0.1) is 0 Å². The van der Waals surface area contributed by atoms with Crippen molar-refractivity contribution in [3.8, 4) is 0 Å². The van der Waals surface area contributed by atoms with E-state index in [0.29, 0.717) is 15.8 Å². The Morgan fingerprint density at radius 2 is 2.17 bits per heavy atom. The zero-order chi connectivity index (χ0) is 16.2. The maximum atomic E-state index is 12.1. The summed E-state index contributed by atoms with van der Waals surface area (Å²) < 4.78 is 6.23. The van der Waals surface area contributed by atoms with Gasteiger partial charge in [-0.05, 0) is 12.8 Å². The lowest BCUT2D eigenvalue weighted by Crippen LogP contribution is -2.31. The summed E-state index contributed by atoms with van der Waals surface area (Å²) in [7, 11) is 1.33. The number of aromatic nitrogens is 3. The zero-order valence-electron chi connectivity index (χ0n) is 12.7. The van der Waals surface area contributed by atoms with Gasteiger partial charge in [0, 0.05) is 25.4 Å². The van der Waals surface area contributed by atoms with Crippen molar-refractivity contribution in [1.29, 1.82) is 0 Å². The Morgan fingerprint density at radius 1 is 1.39 bits per heavy atom. The number of hydrogen-bond donors (Lipinski definition) is 1. The molecule has 1 fully saturated rings. The summed E-state index contributed by atoms with van der Waals surface area (Å²) >= 11 is 1.18. The summed E-state index contributed by atoms with van der Waals surface area (Å²) in [6.45, 7) is 1.90. The molecule has 0 spiro atoms. The number of nitrogens with zero attached hydrogens (tertiary/aromatic N) is 4. The number of anilines is 2. The first-order valence-electron chi connectivity index (χ1n) is 7.28. The average molecular weight is 335 g/mol. The quantitative estimate of drug-likeness (QED) is 0.833. The summed E-state index contributed by atoms with van der Waals surface area (Å²) in [6, 6.07) is 1.76. The molecule has 3 rings (SSSR count). The van der Waals surface area contributed by atoms with Crippen molar-refractivity contribution in [3.63, 3.8) is 0 Å². The lowest BCUT2D eigenvalue weighted by atomic mass is 10.4. The van der Waals surface area contributed by atoms with Crippen molar-refractivity contribution in [3.05, 3.63) is 23.3 Å². The second-order valence-electron chi connectivity index (χ2n) is 5.13. The first kappa shape index (κ1) is 15.5. The van der Waals surface area contributed by atoms with E-state index in [2.05, 4.69) is 20.1 Å². The molecule has 1 saturated heterocycles. The summed E-state index contributed by atoms with van der Waals surface area (Å²) in [5.74, 6) is 0.238. The predicted molar refractivity (Wildman–Crippen MR) is 84.8 cm³/mol. The van der Waals surface area contributed by atoms with Gasteiger partial charge >= 0.3 is 5.97 Å². The largest absolute Gasteiger partial charge is 0.465 e. The highest BCUT2D eigenvalue weighted by molar-refractivity contribution is 7.17. The molecule has 8 nitrogen and oxygen atoms in total. The van der Waals surface area contributed by atoms with E-state index >= 15 is 0 Å². The Kier molecular flexibility index (Phi) is 4.56. The highest BCUT2D eigenvalue weighted by Gasteiger charge is 2.18. The molecular weight excluding hydrogens is 318 g/mol. The van der Waals surface area contributed by atoms with Crippen LogP contribution in [0.25, 0.3) is 0 Å². The number of thiazole rings is 1. The standard InChI is InChI=1S/C14H17N5O3S/c1-22-13(21)10-8-15-14(23-10)16-11-4-7-19(17-11)9-12(20)18-5-2-3-6-18/h4,7-8H,2-3,5-6,9H2,1H3,(H,15,16,17). The maximum absolute atomic E-state index is 12.1. The van der Waals surface area contributed by atoms with E-state index in [1.54, 1.807) is 16.9 Å². The van der Waals surface area contributed by atoms with Crippen LogP contribution in [-0.2, 0) is 16.1 Å². The van der Waals surface area contributed by atoms with Gasteiger partial charge in [-0.15, -0.1) is 0 Å². The predicted octanol–water partition coefficient (Wildman–Crippen LogP) is 1.49. The number of carbonyl (C=O) groups is 2. The van der Waals surface area contributed by atoms with E-state index in [0.717, 1.165) is 25.9 Å². The molecule has 0 radical (unpaired) electrons. The molecule has 0 aromatic carbocycles. The van der Waals surface area contributed by atoms with E-state index < -0.39 is 5.97 Å². The second kappa shape index (κ2) is 6.78. The summed E-state index contributed by atoms with van der Waals surface area (Å²) in [6.07, 6.45) is 5.34. The van der Waals surface area contributed by atoms with Crippen LogP contribution in [0.15, 0.2) is 18.5 Å². The fourth-order valence-corrected chi connectivity index (χ4v) is 3.10. The van der Waals surface area contributed by atoms with Crippen LogP contribution < -0.4 is 5.32 Å². The van der Waals surface area contributed by atoms with E-state index in [4.69, 9.17) is 0 Å². The van der Waals surface area contributed by atoms with Gasteiger partial charge in [-0.25, -0.2) is 9.78 Å². The zero-order valence-corrected chi connectivity index (χ0v) is 13.5. The topological polar surface area (TPSA) is 89.3 Å². The van der Waals surface area contributed by atoms with Gasteiger partial charge in [-0.2, -0.15) is 5.10 Å². The molecule has 0 aliphatic carbocycles. The first-order chi connectivity index (χ1) is 11.2. The Labute approximate surface area is 137 Å². The molecule has 23 heavy (non-hydrogen) atoms. The van der Waals surface area contributed by atoms with Gasteiger partial charge in [0.1, 0.15) is 11.4 Å². The molecular formula is C14H17N5O3S. The lowest BCUT2D eigenvalue weighted by Gasteiger charge is -2.14. The minimum absolute atomic E-state index is 0.0828. The molecule has 0 unspecified atom stereocenters. The van der Waals surface area contributed by atoms with Crippen LogP contribution in [0.2, 0.25) is 0 Å². The fourth-order valence-electron chi connectivity index (χ4n) is 2.36. The molecule has 1 amide bonds. The highest BCUT2D eigenvalue weighted by Crippen LogP contribution is 2.22. The van der Waals surface area contributed by atoms with Gasteiger partial charge < -0.3 is 15.0 Å². The molecule has 1 aliphatic rings. The van der Waals surface area contributed by atoms with Crippen LogP contribution in [0.3, 0.4) is 0 Å². The number of amides is 1. The third-order valence-corrected chi connectivity index (χ3v) is 4.42. The number of methoxy groups -OCH3 is 1. The number of hydrogen-bond acceptors (Lipinski definition) is 7. The van der Waals surface area contributed by atoms with Crippen molar-refractivity contribution < 1.29 is 14.3 Å². The van der Waals surface area contributed by atoms with Crippen LogP contribution in [0.1, 0.15) is 22.5 Å². The lowest BCUT2D eigenvalue weighted by molar-refractivity contribution is -0.130. The van der Waals surface area contributed by atoms with Crippen molar-refractivity contribution in [2.45, 2.75) is 19.4 Å². The molecule has 0 bridgehead atoms. The molecule has 2 aromatic heterocycles. The Morgan fingerprint density at radius 3 is 2.91 bits per heavy atom. The van der Waals surface area contributed by atoms with Gasteiger partial charge in [-0.3, -0.25) is 9.48 Å². The van der Waals surface area contributed by atoms with Crippen LogP contribution >= 0.6 is 11.3 Å². The maximum Gasteiger partial charge on any atom is 0.349 e. The van der Waals surface area contributed by atoms with Gasteiger partial charge in [0.15, 0.2) is 10.9 Å².